The van der Waals surface area contributed by atoms with Crippen LogP contribution < -0.4 is 5.32 Å². The van der Waals surface area contributed by atoms with E-state index >= 15 is 0 Å². The van der Waals surface area contributed by atoms with Crippen LogP contribution in [0.1, 0.15) is 72.1 Å². The zero-order valence-electron chi connectivity index (χ0n) is 14.2. The molecule has 1 aliphatic heterocycles. The first kappa shape index (κ1) is 16.8. The molecule has 2 fully saturated rings. The fraction of sp³-hybridized carbons (Fsp3) is 0.944. The van der Waals surface area contributed by atoms with Crippen molar-refractivity contribution in [3.05, 3.63) is 0 Å². The third-order valence-corrected chi connectivity index (χ3v) is 5.29. The van der Waals surface area contributed by atoms with E-state index in [1.54, 1.807) is 0 Å². The molecule has 0 radical (unpaired) electrons. The number of carbonyl (C=O) groups is 1. The lowest BCUT2D eigenvalue weighted by molar-refractivity contribution is -0.127. The highest BCUT2D eigenvalue weighted by atomic mass is 16.1. The van der Waals surface area contributed by atoms with E-state index in [1.807, 2.05) is 0 Å². The molecule has 0 aromatic rings. The summed E-state index contributed by atoms with van der Waals surface area (Å²) >= 11 is 0. The Morgan fingerprint density at radius 2 is 1.67 bits per heavy atom. The predicted molar refractivity (Wildman–Crippen MR) is 88.2 cm³/mol. The molecule has 122 valence electrons. The smallest absolute Gasteiger partial charge is 0.223 e. The van der Waals surface area contributed by atoms with Crippen LogP contribution in [-0.2, 0) is 4.79 Å². The second-order valence-electron chi connectivity index (χ2n) is 7.63. The minimum Gasteiger partial charge on any atom is -0.353 e. The van der Waals surface area contributed by atoms with Gasteiger partial charge in [0.05, 0.1) is 0 Å². The van der Waals surface area contributed by atoms with Crippen LogP contribution in [0.4, 0.5) is 0 Å². The van der Waals surface area contributed by atoms with E-state index in [0.717, 1.165) is 31.8 Å². The van der Waals surface area contributed by atoms with Crippen LogP contribution in [0.25, 0.3) is 0 Å². The summed E-state index contributed by atoms with van der Waals surface area (Å²) in [5.41, 5.74) is 0. The number of nitrogens with zero attached hydrogens (tertiary/aromatic N) is 1. The molecular weight excluding hydrogens is 260 g/mol. The summed E-state index contributed by atoms with van der Waals surface area (Å²) < 4.78 is 0. The molecular formula is C18H34N2O. The van der Waals surface area contributed by atoms with Gasteiger partial charge in [0.25, 0.3) is 0 Å². The molecule has 0 unspecified atom stereocenters. The Bertz CT molecular complexity index is 315. The number of carbonyl (C=O) groups excluding carboxylic acids is 1. The second kappa shape index (κ2) is 8.17. The first-order chi connectivity index (χ1) is 10.1. The van der Waals surface area contributed by atoms with Gasteiger partial charge in [0.1, 0.15) is 0 Å². The maximum absolute atomic E-state index is 12.4. The van der Waals surface area contributed by atoms with Gasteiger partial charge in [0.15, 0.2) is 0 Å². The Morgan fingerprint density at radius 1 is 1.05 bits per heavy atom. The standard InChI is InChI=1S/C18H34N2O/c1-14(2)13-15(3)20-11-9-16(10-12-20)18(21)19-17-7-5-4-6-8-17/h14-17H,4-13H2,1-3H3,(H,19,21)/t15-/m1/s1. The van der Waals surface area contributed by atoms with Crippen molar-refractivity contribution in [2.75, 3.05) is 13.1 Å². The van der Waals surface area contributed by atoms with E-state index in [2.05, 4.69) is 31.0 Å². The lowest BCUT2D eigenvalue weighted by Gasteiger charge is -2.36. The zero-order chi connectivity index (χ0) is 15.2. The van der Waals surface area contributed by atoms with Crippen molar-refractivity contribution in [1.82, 2.24) is 10.2 Å². The second-order valence-corrected chi connectivity index (χ2v) is 7.63. The Hall–Kier alpha value is -0.570. The average Bonchev–Trinajstić information content (AvgIpc) is 2.47. The van der Waals surface area contributed by atoms with E-state index in [1.165, 1.54) is 38.5 Å². The average molecular weight is 294 g/mol. The molecule has 21 heavy (non-hydrogen) atoms. The third-order valence-electron chi connectivity index (χ3n) is 5.29. The normalized spacial score (nSPS) is 24.2. The summed E-state index contributed by atoms with van der Waals surface area (Å²) in [5, 5.41) is 3.31. The van der Waals surface area contributed by atoms with Gasteiger partial charge in [0, 0.05) is 18.0 Å². The zero-order valence-corrected chi connectivity index (χ0v) is 14.2. The molecule has 0 aromatic heterocycles. The van der Waals surface area contributed by atoms with Gasteiger partial charge >= 0.3 is 0 Å². The molecule has 1 saturated heterocycles. The molecule has 1 aliphatic carbocycles. The first-order valence-corrected chi connectivity index (χ1v) is 9.10. The molecule has 1 N–H and O–H groups in total. The fourth-order valence-electron chi connectivity index (χ4n) is 4.00. The molecule has 1 amide bonds. The van der Waals surface area contributed by atoms with Crippen LogP contribution in [0.3, 0.4) is 0 Å². The van der Waals surface area contributed by atoms with Gasteiger partial charge in [-0.15, -0.1) is 0 Å². The number of rotatable bonds is 5. The summed E-state index contributed by atoms with van der Waals surface area (Å²) in [4.78, 5) is 15.0. The van der Waals surface area contributed by atoms with Crippen LogP contribution in [0, 0.1) is 11.8 Å². The maximum atomic E-state index is 12.4. The number of nitrogens with one attached hydrogen (secondary N) is 1. The fourth-order valence-corrected chi connectivity index (χ4v) is 4.00. The SMILES string of the molecule is CC(C)C[C@@H](C)N1CCC(C(=O)NC2CCCCC2)CC1. The Kier molecular flexibility index (Phi) is 6.53. The highest BCUT2D eigenvalue weighted by Gasteiger charge is 2.28. The summed E-state index contributed by atoms with van der Waals surface area (Å²) in [6, 6.07) is 1.12. The van der Waals surface area contributed by atoms with Crippen molar-refractivity contribution in [3.63, 3.8) is 0 Å². The number of hydrogen-bond donors (Lipinski definition) is 1. The molecule has 3 nitrogen and oxygen atoms in total. The number of likely N-dealkylation sites (tertiary alicyclic amines) is 1. The van der Waals surface area contributed by atoms with Crippen molar-refractivity contribution < 1.29 is 4.79 Å². The molecule has 0 aromatic carbocycles. The van der Waals surface area contributed by atoms with Gasteiger partial charge < -0.3 is 10.2 Å². The van der Waals surface area contributed by atoms with E-state index in [-0.39, 0.29) is 5.92 Å². The highest BCUT2D eigenvalue weighted by Crippen LogP contribution is 2.23. The number of amides is 1. The van der Waals surface area contributed by atoms with Crippen molar-refractivity contribution in [2.45, 2.75) is 84.2 Å². The van der Waals surface area contributed by atoms with Gasteiger partial charge in [-0.1, -0.05) is 33.1 Å². The number of hydrogen-bond acceptors (Lipinski definition) is 2. The molecule has 3 heteroatoms. The predicted octanol–water partition coefficient (Wildman–Crippen LogP) is 3.58. The van der Waals surface area contributed by atoms with Crippen molar-refractivity contribution in [3.8, 4) is 0 Å². The molecule has 1 saturated carbocycles. The molecule has 1 atom stereocenters. The molecule has 0 spiro atoms. The van der Waals surface area contributed by atoms with Gasteiger partial charge in [0.2, 0.25) is 5.91 Å². The lowest BCUT2D eigenvalue weighted by atomic mass is 9.91. The summed E-state index contributed by atoms with van der Waals surface area (Å²) in [5.74, 6) is 1.35. The summed E-state index contributed by atoms with van der Waals surface area (Å²) in [6.45, 7) is 9.11. The quantitative estimate of drug-likeness (QED) is 0.840. The van der Waals surface area contributed by atoms with Gasteiger partial charge in [-0.3, -0.25) is 4.79 Å². The van der Waals surface area contributed by atoms with Gasteiger partial charge in [-0.25, -0.2) is 0 Å². The summed E-state index contributed by atoms with van der Waals surface area (Å²) in [6.07, 6.45) is 9.65. The van der Waals surface area contributed by atoms with E-state index in [9.17, 15) is 4.79 Å². The first-order valence-electron chi connectivity index (χ1n) is 9.10. The molecule has 1 heterocycles. The van der Waals surface area contributed by atoms with E-state index in [0.29, 0.717) is 18.0 Å². The van der Waals surface area contributed by atoms with Crippen molar-refractivity contribution >= 4 is 5.91 Å². The van der Waals surface area contributed by atoms with Crippen LogP contribution >= 0.6 is 0 Å². The van der Waals surface area contributed by atoms with Crippen LogP contribution in [0.15, 0.2) is 0 Å². The van der Waals surface area contributed by atoms with Crippen LogP contribution in [0.2, 0.25) is 0 Å². The van der Waals surface area contributed by atoms with E-state index < -0.39 is 0 Å². The summed E-state index contributed by atoms with van der Waals surface area (Å²) in [7, 11) is 0. The Labute approximate surface area is 130 Å². The van der Waals surface area contributed by atoms with E-state index in [4.69, 9.17) is 0 Å². The third kappa shape index (κ3) is 5.28. The minimum absolute atomic E-state index is 0.259. The largest absolute Gasteiger partial charge is 0.353 e. The van der Waals surface area contributed by atoms with Gasteiger partial charge in [-0.2, -0.15) is 0 Å². The molecule has 2 aliphatic rings. The monoisotopic (exact) mass is 294 g/mol. The lowest BCUT2D eigenvalue weighted by Crippen LogP contribution is -2.46. The Balaban J connectivity index is 1.71. The van der Waals surface area contributed by atoms with Crippen LogP contribution in [-0.4, -0.2) is 36.0 Å². The van der Waals surface area contributed by atoms with Crippen molar-refractivity contribution in [1.29, 1.82) is 0 Å². The van der Waals surface area contributed by atoms with Crippen molar-refractivity contribution in [2.24, 2.45) is 11.8 Å². The highest BCUT2D eigenvalue weighted by molar-refractivity contribution is 5.79. The number of piperidine rings is 1. The topological polar surface area (TPSA) is 32.3 Å². The molecule has 0 bridgehead atoms. The molecule has 2 rings (SSSR count). The maximum Gasteiger partial charge on any atom is 0.223 e. The van der Waals surface area contributed by atoms with Gasteiger partial charge in [-0.05, 0) is 58.0 Å². The Morgan fingerprint density at radius 3 is 2.24 bits per heavy atom. The van der Waals surface area contributed by atoms with Crippen LogP contribution in [0.5, 0.6) is 0 Å². The minimum atomic E-state index is 0.259.